The second-order valence-corrected chi connectivity index (χ2v) is 4.42. The fourth-order valence-electron chi connectivity index (χ4n) is 2.11. The van der Waals surface area contributed by atoms with E-state index < -0.39 is 0 Å². The van der Waals surface area contributed by atoms with Gasteiger partial charge in [0.15, 0.2) is 7.28 Å². The van der Waals surface area contributed by atoms with Crippen LogP contribution in [0.15, 0.2) is 24.6 Å². The summed E-state index contributed by atoms with van der Waals surface area (Å²) in [6.45, 7) is 13.1. The monoisotopic (exact) mass is 238 g/mol. The highest BCUT2D eigenvalue weighted by Crippen LogP contribution is 2.21. The highest BCUT2D eigenvalue weighted by atomic mass is 16.5. The molecule has 0 bridgehead atoms. The lowest BCUT2D eigenvalue weighted by Gasteiger charge is -2.34. The average Bonchev–Trinajstić information content (AvgIpc) is 2.35. The van der Waals surface area contributed by atoms with Crippen molar-refractivity contribution in [3.63, 3.8) is 0 Å². The van der Waals surface area contributed by atoms with Gasteiger partial charge in [-0.05, 0) is 6.42 Å². The van der Waals surface area contributed by atoms with Crippen molar-refractivity contribution in [2.75, 3.05) is 20.7 Å². The van der Waals surface area contributed by atoms with Crippen molar-refractivity contribution in [3.8, 4) is 0 Å². The molecule has 0 heterocycles. The summed E-state index contributed by atoms with van der Waals surface area (Å²) in [6, 6.07) is 0. The Morgan fingerprint density at radius 1 is 1.47 bits per heavy atom. The Bertz CT molecular complexity index is 256. The van der Waals surface area contributed by atoms with E-state index in [9.17, 15) is 0 Å². The maximum absolute atomic E-state index is 5.81. The zero-order valence-corrected chi connectivity index (χ0v) is 11.8. The first-order chi connectivity index (χ1) is 8.03. The lowest BCUT2D eigenvalue weighted by molar-refractivity contribution is 0.226. The van der Waals surface area contributed by atoms with Crippen LogP contribution in [-0.2, 0) is 4.74 Å². The second-order valence-electron chi connectivity index (χ2n) is 4.42. The second kappa shape index (κ2) is 8.23. The van der Waals surface area contributed by atoms with Gasteiger partial charge in [-0.15, -0.1) is 0 Å². The van der Waals surface area contributed by atoms with E-state index in [-0.39, 0.29) is 5.94 Å². The molecule has 0 saturated carbocycles. The molecule has 0 rings (SSSR count). The van der Waals surface area contributed by atoms with Crippen molar-refractivity contribution in [2.45, 2.75) is 32.5 Å². The van der Waals surface area contributed by atoms with Crippen molar-refractivity contribution in [1.29, 1.82) is 0 Å². The van der Waals surface area contributed by atoms with Gasteiger partial charge >= 0.3 is 0 Å². The van der Waals surface area contributed by atoms with Crippen molar-refractivity contribution in [3.05, 3.63) is 24.6 Å². The summed E-state index contributed by atoms with van der Waals surface area (Å²) >= 11 is 0. The minimum atomic E-state index is 0.179. The van der Waals surface area contributed by atoms with Crippen molar-refractivity contribution >= 4 is 7.28 Å². The highest BCUT2D eigenvalue weighted by molar-refractivity contribution is 6.36. The Kier molecular flexibility index (Phi) is 7.80. The van der Waals surface area contributed by atoms with Crippen LogP contribution in [-0.4, -0.2) is 38.8 Å². The molecule has 2 N–H and O–H groups in total. The molecule has 4 heteroatoms. The molecule has 98 valence electrons. The van der Waals surface area contributed by atoms with Gasteiger partial charge in [0, 0.05) is 25.2 Å². The molecule has 0 aromatic carbocycles. The van der Waals surface area contributed by atoms with Crippen molar-refractivity contribution in [1.82, 2.24) is 4.90 Å². The molecule has 1 unspecified atom stereocenters. The van der Waals surface area contributed by atoms with E-state index in [4.69, 9.17) is 10.5 Å². The molecular formula is C13H27BN2O. The number of hydrogen-bond acceptors (Lipinski definition) is 3. The van der Waals surface area contributed by atoms with Crippen LogP contribution in [0.4, 0.5) is 0 Å². The molecule has 0 amide bonds. The van der Waals surface area contributed by atoms with Gasteiger partial charge in [-0.2, -0.15) is 0 Å². The van der Waals surface area contributed by atoms with Crippen LogP contribution in [0.5, 0.6) is 0 Å². The maximum Gasteiger partial charge on any atom is 0.156 e. The molecule has 3 nitrogen and oxygen atoms in total. The Morgan fingerprint density at radius 3 is 2.41 bits per heavy atom. The third kappa shape index (κ3) is 4.46. The van der Waals surface area contributed by atoms with Crippen molar-refractivity contribution in [2.24, 2.45) is 11.7 Å². The molecular weight excluding hydrogens is 211 g/mol. The molecule has 17 heavy (non-hydrogen) atoms. The van der Waals surface area contributed by atoms with E-state index in [1.54, 1.807) is 7.11 Å². The largest absolute Gasteiger partial charge is 0.500 e. The van der Waals surface area contributed by atoms with Crippen LogP contribution in [0, 0.1) is 5.92 Å². The van der Waals surface area contributed by atoms with Gasteiger partial charge in [0.05, 0.1) is 13.1 Å². The van der Waals surface area contributed by atoms with Gasteiger partial charge in [0.2, 0.25) is 0 Å². The van der Waals surface area contributed by atoms with Gasteiger partial charge in [0.1, 0.15) is 5.76 Å². The first kappa shape index (κ1) is 16.1. The molecule has 0 aliphatic heterocycles. The third-order valence-electron chi connectivity index (χ3n) is 3.33. The zero-order valence-electron chi connectivity index (χ0n) is 11.8. The maximum atomic E-state index is 5.81. The van der Waals surface area contributed by atoms with Crippen LogP contribution >= 0.6 is 0 Å². The summed E-state index contributed by atoms with van der Waals surface area (Å²) in [5, 5.41) is 0. The summed E-state index contributed by atoms with van der Waals surface area (Å²) < 4.78 is 5.24. The number of rotatable bonds is 9. The molecule has 0 saturated heterocycles. The first-order valence-electron chi connectivity index (χ1n) is 6.37. The van der Waals surface area contributed by atoms with Crippen LogP contribution < -0.4 is 5.73 Å². The van der Waals surface area contributed by atoms with E-state index in [2.05, 4.69) is 31.8 Å². The Labute approximate surface area is 107 Å². The van der Waals surface area contributed by atoms with E-state index in [0.717, 1.165) is 31.6 Å². The zero-order chi connectivity index (χ0) is 13.4. The summed E-state index contributed by atoms with van der Waals surface area (Å²) in [5.74, 6) is 1.31. The van der Waals surface area contributed by atoms with Crippen molar-refractivity contribution < 1.29 is 4.74 Å². The van der Waals surface area contributed by atoms with Crippen LogP contribution in [0.1, 0.15) is 19.8 Å². The molecule has 0 aromatic rings. The van der Waals surface area contributed by atoms with Gasteiger partial charge < -0.3 is 15.4 Å². The quantitative estimate of drug-likeness (QED) is 0.491. The minimum absolute atomic E-state index is 0.179. The van der Waals surface area contributed by atoms with Crippen LogP contribution in [0.3, 0.4) is 0 Å². The Morgan fingerprint density at radius 2 is 2.06 bits per heavy atom. The summed E-state index contributed by atoms with van der Waals surface area (Å²) in [5.41, 5.74) is 6.89. The standard InChI is InChI=1S/C13H27BN2O/c1-7-8-12(9-15)10(2)16(5)13(14-4)11(3)17-6/h12-14H,2-3,7-9,15H2,1,4-6H3/t12-,13?/m0/s1. The molecule has 0 aliphatic rings. The van der Waals surface area contributed by atoms with E-state index in [0.29, 0.717) is 12.5 Å². The van der Waals surface area contributed by atoms with E-state index >= 15 is 0 Å². The Hall–Kier alpha value is -0.895. The number of hydrogen-bond donors (Lipinski definition) is 1. The summed E-state index contributed by atoms with van der Waals surface area (Å²) in [6.07, 6.45) is 2.20. The van der Waals surface area contributed by atoms with Gasteiger partial charge in [-0.3, -0.25) is 0 Å². The van der Waals surface area contributed by atoms with Crippen LogP contribution in [0.2, 0.25) is 6.82 Å². The molecule has 0 spiro atoms. The SMILES string of the molecule is C=C(OC)C(BC)N(C)C(=C)[C@H](CN)CCC. The minimum Gasteiger partial charge on any atom is -0.500 e. The third-order valence-corrected chi connectivity index (χ3v) is 3.33. The first-order valence-corrected chi connectivity index (χ1v) is 6.37. The predicted octanol–water partition coefficient (Wildman–Crippen LogP) is 1.78. The number of methoxy groups -OCH3 is 1. The fourth-order valence-corrected chi connectivity index (χ4v) is 2.11. The molecule has 0 aromatic heterocycles. The number of ether oxygens (including phenoxy) is 1. The fraction of sp³-hybridized carbons (Fsp3) is 0.692. The molecule has 0 radical (unpaired) electrons. The molecule has 0 aliphatic carbocycles. The predicted molar refractivity (Wildman–Crippen MR) is 77.3 cm³/mol. The molecule has 0 fully saturated rings. The summed E-state index contributed by atoms with van der Waals surface area (Å²) in [4.78, 5) is 2.15. The lowest BCUT2D eigenvalue weighted by Crippen LogP contribution is -2.39. The normalized spacial score (nSPS) is 13.7. The number of nitrogens with two attached hydrogens (primary N) is 1. The number of likely N-dealkylation sites (N-methyl/N-ethyl adjacent to an activating group) is 1. The van der Waals surface area contributed by atoms with E-state index in [1.807, 2.05) is 7.05 Å². The van der Waals surface area contributed by atoms with Gasteiger partial charge in [-0.25, -0.2) is 0 Å². The van der Waals surface area contributed by atoms with Crippen LogP contribution in [0.25, 0.3) is 0 Å². The lowest BCUT2D eigenvalue weighted by atomic mass is 9.70. The van der Waals surface area contributed by atoms with Gasteiger partial charge in [0.25, 0.3) is 0 Å². The van der Waals surface area contributed by atoms with Gasteiger partial charge in [-0.1, -0.05) is 33.3 Å². The highest BCUT2D eigenvalue weighted by Gasteiger charge is 2.22. The Balaban J connectivity index is 4.69. The molecule has 2 atom stereocenters. The smallest absolute Gasteiger partial charge is 0.156 e. The number of nitrogens with zero attached hydrogens (tertiary/aromatic N) is 1. The topological polar surface area (TPSA) is 38.5 Å². The summed E-state index contributed by atoms with van der Waals surface area (Å²) in [7, 11) is 4.65. The average molecular weight is 238 g/mol. The van der Waals surface area contributed by atoms with E-state index in [1.165, 1.54) is 0 Å².